The molecule has 2 N–H and O–H groups in total. The van der Waals surface area contributed by atoms with Gasteiger partial charge in [0.2, 0.25) is 0 Å². The number of nitrogens with two attached hydrogens (primary N) is 1. The summed E-state index contributed by atoms with van der Waals surface area (Å²) in [5.74, 6) is 1.62. The molecule has 0 bridgehead atoms. The summed E-state index contributed by atoms with van der Waals surface area (Å²) in [6.07, 6.45) is 0. The first-order chi connectivity index (χ1) is 10.4. The van der Waals surface area contributed by atoms with E-state index >= 15 is 0 Å². The van der Waals surface area contributed by atoms with Crippen molar-refractivity contribution >= 4 is 22.9 Å². The number of oxazole rings is 1. The fourth-order valence-corrected chi connectivity index (χ4v) is 2.66. The van der Waals surface area contributed by atoms with Crippen LogP contribution in [0, 0.1) is 0 Å². The number of thioether (sulfide) groups is 1. The average molecular weight is 300 g/mol. The van der Waals surface area contributed by atoms with Crippen molar-refractivity contribution in [2.75, 3.05) is 12.4 Å². The van der Waals surface area contributed by atoms with E-state index in [9.17, 15) is 0 Å². The highest BCUT2D eigenvalue weighted by atomic mass is 32.2. The Hall–Kier alpha value is -1.98. The topological polar surface area (TPSA) is 61.3 Å². The molecule has 1 heterocycles. The van der Waals surface area contributed by atoms with E-state index in [1.807, 2.05) is 48.5 Å². The van der Waals surface area contributed by atoms with Gasteiger partial charge in [0.15, 0.2) is 5.58 Å². The van der Waals surface area contributed by atoms with Gasteiger partial charge in [-0.05, 0) is 18.2 Å². The molecule has 0 amide bonds. The fraction of sp³-hybridized carbons (Fsp3) is 0.188. The van der Waals surface area contributed by atoms with E-state index in [1.165, 1.54) is 0 Å². The molecule has 108 valence electrons. The Kier molecular flexibility index (Phi) is 4.43. The second-order valence-corrected chi connectivity index (χ2v) is 5.50. The van der Waals surface area contributed by atoms with Crippen molar-refractivity contribution in [3.63, 3.8) is 0 Å². The molecule has 0 aliphatic carbocycles. The molecular weight excluding hydrogens is 284 g/mol. The first-order valence-electron chi connectivity index (χ1n) is 6.76. The Bertz CT molecular complexity index is 694. The van der Waals surface area contributed by atoms with Gasteiger partial charge in [0.1, 0.15) is 11.3 Å². The maximum Gasteiger partial charge on any atom is 0.256 e. The van der Waals surface area contributed by atoms with Crippen LogP contribution in [0.4, 0.5) is 0 Å². The molecule has 0 spiro atoms. The number of hydrogen-bond donors (Lipinski definition) is 1. The molecule has 0 saturated heterocycles. The molecule has 3 rings (SSSR count). The molecule has 2 aromatic carbocycles. The highest BCUT2D eigenvalue weighted by Crippen LogP contribution is 2.23. The summed E-state index contributed by atoms with van der Waals surface area (Å²) in [7, 11) is 0. The van der Waals surface area contributed by atoms with Crippen LogP contribution in [0.1, 0.15) is 5.56 Å². The maximum absolute atomic E-state index is 5.75. The van der Waals surface area contributed by atoms with Crippen LogP contribution >= 0.6 is 11.8 Å². The van der Waals surface area contributed by atoms with Gasteiger partial charge >= 0.3 is 0 Å². The van der Waals surface area contributed by atoms with Gasteiger partial charge in [-0.1, -0.05) is 42.1 Å². The predicted octanol–water partition coefficient (Wildman–Crippen LogP) is 3.46. The number of rotatable bonds is 6. The number of hydrogen-bond acceptors (Lipinski definition) is 5. The lowest BCUT2D eigenvalue weighted by molar-refractivity contribution is 0.339. The van der Waals surface area contributed by atoms with Gasteiger partial charge in [-0.2, -0.15) is 0 Å². The lowest BCUT2D eigenvalue weighted by atomic mass is 10.2. The van der Waals surface area contributed by atoms with Crippen molar-refractivity contribution < 1.29 is 9.15 Å². The highest BCUT2D eigenvalue weighted by molar-refractivity contribution is 7.99. The summed E-state index contributed by atoms with van der Waals surface area (Å²) in [5.41, 5.74) is 8.39. The Balaban J connectivity index is 1.54. The van der Waals surface area contributed by atoms with Gasteiger partial charge in [-0.15, -0.1) is 0 Å². The maximum atomic E-state index is 5.75. The molecule has 4 nitrogen and oxygen atoms in total. The summed E-state index contributed by atoms with van der Waals surface area (Å²) in [5, 5.41) is 0.673. The third kappa shape index (κ3) is 3.37. The Morgan fingerprint density at radius 2 is 1.90 bits per heavy atom. The lowest BCUT2D eigenvalue weighted by Gasteiger charge is -2.09. The standard InChI is InChI=1S/C16H16N2O2S/c17-11-12-5-1-3-7-14(12)19-9-10-21-16-18-13-6-2-4-8-15(13)20-16/h1-8H,9-11,17H2. The first-order valence-corrected chi connectivity index (χ1v) is 7.74. The van der Waals surface area contributed by atoms with Gasteiger partial charge < -0.3 is 14.9 Å². The van der Waals surface area contributed by atoms with Crippen molar-refractivity contribution in [1.29, 1.82) is 0 Å². The van der Waals surface area contributed by atoms with Crippen LogP contribution in [0.15, 0.2) is 58.2 Å². The Morgan fingerprint density at radius 3 is 2.76 bits per heavy atom. The van der Waals surface area contributed by atoms with Crippen LogP contribution in [0.25, 0.3) is 11.1 Å². The molecule has 0 unspecified atom stereocenters. The number of fused-ring (bicyclic) bond motifs is 1. The van der Waals surface area contributed by atoms with E-state index in [0.29, 0.717) is 18.4 Å². The molecule has 5 heteroatoms. The summed E-state index contributed by atoms with van der Waals surface area (Å²) >= 11 is 1.54. The van der Waals surface area contributed by atoms with E-state index in [0.717, 1.165) is 28.2 Å². The second kappa shape index (κ2) is 6.65. The highest BCUT2D eigenvalue weighted by Gasteiger charge is 2.06. The van der Waals surface area contributed by atoms with Crippen molar-refractivity contribution in [3.8, 4) is 5.75 Å². The van der Waals surface area contributed by atoms with Gasteiger partial charge in [-0.3, -0.25) is 0 Å². The van der Waals surface area contributed by atoms with E-state index in [2.05, 4.69) is 4.98 Å². The van der Waals surface area contributed by atoms with Gasteiger partial charge in [0.05, 0.1) is 6.61 Å². The van der Waals surface area contributed by atoms with Crippen molar-refractivity contribution in [2.24, 2.45) is 5.73 Å². The molecule has 0 aliphatic heterocycles. The SMILES string of the molecule is NCc1ccccc1OCCSc1nc2ccccc2o1. The monoisotopic (exact) mass is 300 g/mol. The third-order valence-electron chi connectivity index (χ3n) is 3.03. The van der Waals surface area contributed by atoms with Crippen LogP contribution < -0.4 is 10.5 Å². The van der Waals surface area contributed by atoms with Crippen LogP contribution in [0.2, 0.25) is 0 Å². The number of aromatic nitrogens is 1. The summed E-state index contributed by atoms with van der Waals surface area (Å²) in [4.78, 5) is 4.41. The Labute approximate surface area is 127 Å². The number of nitrogens with zero attached hydrogens (tertiary/aromatic N) is 1. The van der Waals surface area contributed by atoms with Crippen LogP contribution in [0.3, 0.4) is 0 Å². The minimum absolute atomic E-state index is 0.481. The largest absolute Gasteiger partial charge is 0.492 e. The molecule has 0 aliphatic rings. The Morgan fingerprint density at radius 1 is 1.10 bits per heavy atom. The van der Waals surface area contributed by atoms with Gasteiger partial charge in [0, 0.05) is 17.9 Å². The second-order valence-electron chi connectivity index (χ2n) is 4.46. The summed E-state index contributed by atoms with van der Waals surface area (Å²) in [6.45, 7) is 1.06. The van der Waals surface area contributed by atoms with E-state index in [4.69, 9.17) is 14.9 Å². The number of benzene rings is 2. The van der Waals surface area contributed by atoms with Crippen molar-refractivity contribution in [1.82, 2.24) is 4.98 Å². The number of para-hydroxylation sites is 3. The lowest BCUT2D eigenvalue weighted by Crippen LogP contribution is -2.05. The number of ether oxygens (including phenoxy) is 1. The molecule has 0 radical (unpaired) electrons. The van der Waals surface area contributed by atoms with Crippen LogP contribution in [0.5, 0.6) is 5.75 Å². The smallest absolute Gasteiger partial charge is 0.256 e. The quantitative estimate of drug-likeness (QED) is 0.558. The van der Waals surface area contributed by atoms with Crippen LogP contribution in [-0.4, -0.2) is 17.3 Å². The third-order valence-corrected chi connectivity index (χ3v) is 3.83. The average Bonchev–Trinajstić information content (AvgIpc) is 2.94. The molecule has 0 atom stereocenters. The molecule has 0 saturated carbocycles. The van der Waals surface area contributed by atoms with Gasteiger partial charge in [0.25, 0.3) is 5.22 Å². The fourth-order valence-electron chi connectivity index (χ4n) is 2.01. The van der Waals surface area contributed by atoms with E-state index in [1.54, 1.807) is 11.8 Å². The van der Waals surface area contributed by atoms with E-state index in [-0.39, 0.29) is 0 Å². The zero-order valence-electron chi connectivity index (χ0n) is 11.5. The molecule has 1 aromatic heterocycles. The minimum Gasteiger partial charge on any atom is -0.492 e. The molecular formula is C16H16N2O2S. The predicted molar refractivity (Wildman–Crippen MR) is 84.6 cm³/mol. The summed E-state index contributed by atoms with van der Waals surface area (Å²) in [6, 6.07) is 15.6. The normalized spacial score (nSPS) is 10.9. The first kappa shape index (κ1) is 14.0. The molecule has 21 heavy (non-hydrogen) atoms. The van der Waals surface area contributed by atoms with Crippen molar-refractivity contribution in [2.45, 2.75) is 11.8 Å². The molecule has 3 aromatic rings. The zero-order chi connectivity index (χ0) is 14.5. The minimum atomic E-state index is 0.481. The zero-order valence-corrected chi connectivity index (χ0v) is 12.3. The van der Waals surface area contributed by atoms with Crippen molar-refractivity contribution in [3.05, 3.63) is 54.1 Å². The summed E-state index contributed by atoms with van der Waals surface area (Å²) < 4.78 is 11.4. The van der Waals surface area contributed by atoms with Gasteiger partial charge in [-0.25, -0.2) is 4.98 Å². The molecule has 0 fully saturated rings. The van der Waals surface area contributed by atoms with E-state index < -0.39 is 0 Å². The van der Waals surface area contributed by atoms with Crippen LogP contribution in [-0.2, 0) is 6.54 Å².